The minimum atomic E-state index is -4.85. The minimum Gasteiger partial charge on any atom is -0.409 e. The average Bonchev–Trinajstić information content (AvgIpc) is 2.71. The van der Waals surface area contributed by atoms with Crippen LogP contribution >= 0.6 is 11.6 Å². The summed E-state index contributed by atoms with van der Waals surface area (Å²) in [6.07, 6.45) is -5.60. The number of likely N-dealkylation sites (N-methyl/N-ethyl adjacent to an activating group) is 1. The number of benzene rings is 2. The van der Waals surface area contributed by atoms with Gasteiger partial charge < -0.3 is 24.6 Å². The molecule has 1 saturated heterocycles. The molecule has 172 valence electrons. The molecule has 0 aromatic heterocycles. The number of nitrogens with one attached hydrogen (secondary N) is 1. The van der Waals surface area contributed by atoms with Gasteiger partial charge in [-0.1, -0.05) is 11.6 Å². The van der Waals surface area contributed by atoms with Crippen molar-refractivity contribution in [2.75, 3.05) is 38.5 Å². The number of carbonyl (C=O) groups excluding carboxylic acids is 2. The zero-order valence-electron chi connectivity index (χ0n) is 16.7. The Balaban J connectivity index is 1.75. The number of alkyl halides is 3. The molecule has 0 unspecified atom stereocenters. The molecule has 0 bridgehead atoms. The molecule has 3 rings (SSSR count). The lowest BCUT2D eigenvalue weighted by atomic mass is 10.1. The van der Waals surface area contributed by atoms with Crippen LogP contribution < -0.4 is 14.8 Å². The van der Waals surface area contributed by atoms with Crippen molar-refractivity contribution in [3.63, 3.8) is 0 Å². The summed E-state index contributed by atoms with van der Waals surface area (Å²) in [5.74, 6) is -2.51. The number of anilines is 1. The van der Waals surface area contributed by atoms with E-state index in [0.29, 0.717) is 26.2 Å². The standard InChI is InChI=1S/C20H18ClF4N3O4/c1-27-6-8-28(9-7-27)19(30)31-17-11-16(22)15(21)10-14(17)18(29)26-12-2-4-13(5-3-12)32-20(23,24)25/h2-5,10-11H,6-9H2,1H3,(H,26,29). The average molecular weight is 476 g/mol. The fourth-order valence-corrected chi connectivity index (χ4v) is 3.04. The third-order valence-electron chi connectivity index (χ3n) is 4.57. The van der Waals surface area contributed by atoms with Crippen molar-refractivity contribution in [3.05, 3.63) is 52.8 Å². The smallest absolute Gasteiger partial charge is 0.409 e. The van der Waals surface area contributed by atoms with E-state index >= 15 is 0 Å². The maximum Gasteiger partial charge on any atom is 0.573 e. The van der Waals surface area contributed by atoms with Crippen LogP contribution in [0.3, 0.4) is 0 Å². The van der Waals surface area contributed by atoms with Gasteiger partial charge in [-0.3, -0.25) is 4.79 Å². The SMILES string of the molecule is CN1CCN(C(=O)Oc2cc(F)c(Cl)cc2C(=O)Nc2ccc(OC(F)(F)F)cc2)CC1. The van der Waals surface area contributed by atoms with E-state index in [2.05, 4.69) is 10.1 Å². The summed E-state index contributed by atoms with van der Waals surface area (Å²) in [5.41, 5.74) is -0.101. The maximum atomic E-state index is 14.0. The van der Waals surface area contributed by atoms with Gasteiger partial charge in [0, 0.05) is 37.9 Å². The third-order valence-corrected chi connectivity index (χ3v) is 4.86. The first-order valence-electron chi connectivity index (χ1n) is 9.33. The highest BCUT2D eigenvalue weighted by Gasteiger charge is 2.31. The topological polar surface area (TPSA) is 71.1 Å². The van der Waals surface area contributed by atoms with Crippen molar-refractivity contribution < 1.29 is 36.6 Å². The fraction of sp³-hybridized carbons (Fsp3) is 0.300. The second-order valence-corrected chi connectivity index (χ2v) is 7.35. The minimum absolute atomic E-state index is 0.126. The quantitative estimate of drug-likeness (QED) is 0.665. The Hall–Kier alpha value is -3.05. The van der Waals surface area contributed by atoms with Gasteiger partial charge in [-0.2, -0.15) is 0 Å². The summed E-state index contributed by atoms with van der Waals surface area (Å²) in [7, 11) is 1.90. The highest BCUT2D eigenvalue weighted by atomic mass is 35.5. The molecule has 12 heteroatoms. The molecule has 7 nitrogen and oxygen atoms in total. The molecule has 0 saturated carbocycles. The summed E-state index contributed by atoms with van der Waals surface area (Å²) in [4.78, 5) is 28.6. The predicted octanol–water partition coefficient (Wildman–Crippen LogP) is 4.38. The van der Waals surface area contributed by atoms with Crippen molar-refractivity contribution in [1.82, 2.24) is 9.80 Å². The highest BCUT2D eigenvalue weighted by Crippen LogP contribution is 2.29. The van der Waals surface area contributed by atoms with Gasteiger partial charge in [0.2, 0.25) is 0 Å². The first-order valence-corrected chi connectivity index (χ1v) is 9.71. The zero-order valence-corrected chi connectivity index (χ0v) is 17.5. The van der Waals surface area contributed by atoms with Crippen molar-refractivity contribution in [3.8, 4) is 11.5 Å². The van der Waals surface area contributed by atoms with E-state index in [9.17, 15) is 27.2 Å². The van der Waals surface area contributed by atoms with Crippen LogP contribution in [0.4, 0.5) is 28.0 Å². The lowest BCUT2D eigenvalue weighted by molar-refractivity contribution is -0.274. The van der Waals surface area contributed by atoms with Gasteiger partial charge in [-0.05, 0) is 37.4 Å². The van der Waals surface area contributed by atoms with E-state index in [1.165, 1.54) is 17.0 Å². The molecular weight excluding hydrogens is 458 g/mol. The zero-order chi connectivity index (χ0) is 23.5. The lowest BCUT2D eigenvalue weighted by Crippen LogP contribution is -2.48. The molecule has 1 fully saturated rings. The molecule has 0 spiro atoms. The first-order chi connectivity index (χ1) is 15.0. The predicted molar refractivity (Wildman–Crippen MR) is 108 cm³/mol. The second-order valence-electron chi connectivity index (χ2n) is 6.95. The summed E-state index contributed by atoms with van der Waals surface area (Å²) < 4.78 is 59.8. The van der Waals surface area contributed by atoms with E-state index in [1.54, 1.807) is 0 Å². The molecule has 2 amide bonds. The van der Waals surface area contributed by atoms with Gasteiger partial charge in [0.05, 0.1) is 10.6 Å². The Morgan fingerprint density at radius 1 is 1.06 bits per heavy atom. The molecule has 32 heavy (non-hydrogen) atoms. The molecular formula is C20H18ClF4N3O4. The molecule has 0 aliphatic carbocycles. The normalized spacial score (nSPS) is 14.8. The summed E-state index contributed by atoms with van der Waals surface area (Å²) in [5, 5.41) is 2.05. The van der Waals surface area contributed by atoms with Crippen molar-refractivity contribution in [2.24, 2.45) is 0 Å². The van der Waals surface area contributed by atoms with Gasteiger partial charge in [0.1, 0.15) is 17.3 Å². The van der Waals surface area contributed by atoms with Crippen LogP contribution in [0.15, 0.2) is 36.4 Å². The molecule has 0 atom stereocenters. The van der Waals surface area contributed by atoms with Crippen LogP contribution in [0.25, 0.3) is 0 Å². The number of hydrogen-bond donors (Lipinski definition) is 1. The van der Waals surface area contributed by atoms with Crippen LogP contribution in [0.1, 0.15) is 10.4 Å². The number of rotatable bonds is 4. The lowest BCUT2D eigenvalue weighted by Gasteiger charge is -2.31. The molecule has 2 aromatic rings. The number of ether oxygens (including phenoxy) is 2. The van der Waals surface area contributed by atoms with Crippen molar-refractivity contribution in [2.45, 2.75) is 6.36 Å². The molecule has 1 N–H and O–H groups in total. The Morgan fingerprint density at radius 3 is 2.28 bits per heavy atom. The molecule has 0 radical (unpaired) electrons. The highest BCUT2D eigenvalue weighted by molar-refractivity contribution is 6.31. The Bertz CT molecular complexity index is 994. The first kappa shape index (κ1) is 23.6. The monoisotopic (exact) mass is 475 g/mol. The van der Waals surface area contributed by atoms with Gasteiger partial charge in [-0.15, -0.1) is 13.2 Å². The van der Waals surface area contributed by atoms with Crippen molar-refractivity contribution >= 4 is 29.3 Å². The van der Waals surface area contributed by atoms with Crippen LogP contribution in [0, 0.1) is 5.82 Å². The third kappa shape index (κ3) is 6.24. The van der Waals surface area contributed by atoms with Crippen LogP contribution in [-0.2, 0) is 0 Å². The number of halogens is 5. The molecule has 1 aliphatic heterocycles. The number of carbonyl (C=O) groups is 2. The number of nitrogens with zero attached hydrogens (tertiary/aromatic N) is 2. The van der Waals surface area contributed by atoms with Crippen molar-refractivity contribution in [1.29, 1.82) is 0 Å². The van der Waals surface area contributed by atoms with E-state index in [0.717, 1.165) is 24.3 Å². The number of amides is 2. The van der Waals surface area contributed by atoms with E-state index in [4.69, 9.17) is 16.3 Å². The fourth-order valence-electron chi connectivity index (χ4n) is 2.88. The Morgan fingerprint density at radius 2 is 1.69 bits per heavy atom. The van der Waals surface area contributed by atoms with E-state index in [-0.39, 0.29) is 22.0 Å². The summed E-state index contributed by atoms with van der Waals surface area (Å²) >= 11 is 5.78. The number of hydrogen-bond acceptors (Lipinski definition) is 5. The van der Waals surface area contributed by atoms with Gasteiger partial charge in [0.25, 0.3) is 5.91 Å². The van der Waals surface area contributed by atoms with Crippen LogP contribution in [0.2, 0.25) is 5.02 Å². The molecule has 1 heterocycles. The van der Waals surface area contributed by atoms with Crippen LogP contribution in [-0.4, -0.2) is 61.4 Å². The molecule has 1 aliphatic rings. The second kappa shape index (κ2) is 9.61. The summed E-state index contributed by atoms with van der Waals surface area (Å²) in [6, 6.07) is 6.20. The number of piperazine rings is 1. The maximum absolute atomic E-state index is 14.0. The largest absolute Gasteiger partial charge is 0.573 e. The Kier molecular flexibility index (Phi) is 7.09. The molecule has 2 aromatic carbocycles. The van der Waals surface area contributed by atoms with Crippen LogP contribution in [0.5, 0.6) is 11.5 Å². The summed E-state index contributed by atoms with van der Waals surface area (Å²) in [6.45, 7) is 2.06. The van der Waals surface area contributed by atoms with Gasteiger partial charge >= 0.3 is 12.5 Å². The van der Waals surface area contributed by atoms with Gasteiger partial charge in [-0.25, -0.2) is 9.18 Å². The van der Waals surface area contributed by atoms with E-state index < -0.39 is 29.9 Å². The Labute approximate surface area is 185 Å². The van der Waals surface area contributed by atoms with Gasteiger partial charge in [0.15, 0.2) is 0 Å². The van der Waals surface area contributed by atoms with E-state index in [1.807, 2.05) is 11.9 Å².